The van der Waals surface area contributed by atoms with E-state index in [9.17, 15) is 9.59 Å². The monoisotopic (exact) mass is 409 g/mol. The standard InChI is InChI=1S/C23H23NO4S/c1-4-27-23(26)18-13-20(17-10-6-5-7-11-17)29-22(18)24-21(25)14-28-19-12-8-9-15(2)16(19)3/h5-13H,4,14H2,1-3H3,(H,24,25). The molecule has 1 N–H and O–H groups in total. The van der Waals surface area contributed by atoms with Gasteiger partial charge in [-0.2, -0.15) is 0 Å². The Morgan fingerprint density at radius 2 is 1.79 bits per heavy atom. The molecule has 0 aliphatic rings. The molecule has 150 valence electrons. The van der Waals surface area contributed by atoms with Crippen LogP contribution in [0.5, 0.6) is 5.75 Å². The van der Waals surface area contributed by atoms with E-state index in [1.54, 1.807) is 13.0 Å². The summed E-state index contributed by atoms with van der Waals surface area (Å²) < 4.78 is 10.8. The van der Waals surface area contributed by atoms with Gasteiger partial charge in [-0.3, -0.25) is 4.79 Å². The molecule has 0 saturated heterocycles. The van der Waals surface area contributed by atoms with Crippen LogP contribution >= 0.6 is 11.3 Å². The van der Waals surface area contributed by atoms with E-state index < -0.39 is 5.97 Å². The minimum Gasteiger partial charge on any atom is -0.483 e. The predicted octanol–water partition coefficient (Wildman–Crippen LogP) is 5.23. The average molecular weight is 410 g/mol. The first-order valence-electron chi connectivity index (χ1n) is 9.34. The van der Waals surface area contributed by atoms with Gasteiger partial charge in [0.05, 0.1) is 12.2 Å². The first-order valence-corrected chi connectivity index (χ1v) is 10.2. The third-order valence-electron chi connectivity index (χ3n) is 4.45. The number of nitrogens with one attached hydrogen (secondary N) is 1. The molecule has 0 aliphatic carbocycles. The summed E-state index contributed by atoms with van der Waals surface area (Å²) in [6.07, 6.45) is 0. The van der Waals surface area contributed by atoms with Crippen LogP contribution < -0.4 is 10.1 Å². The van der Waals surface area contributed by atoms with Crippen molar-refractivity contribution in [1.29, 1.82) is 0 Å². The third kappa shape index (κ3) is 5.03. The van der Waals surface area contributed by atoms with Crippen LogP contribution in [0.1, 0.15) is 28.4 Å². The number of aryl methyl sites for hydroxylation is 1. The normalized spacial score (nSPS) is 10.4. The van der Waals surface area contributed by atoms with Crippen LogP contribution in [0.4, 0.5) is 5.00 Å². The topological polar surface area (TPSA) is 64.6 Å². The van der Waals surface area contributed by atoms with E-state index >= 15 is 0 Å². The number of benzene rings is 2. The number of thiophene rings is 1. The summed E-state index contributed by atoms with van der Waals surface area (Å²) >= 11 is 1.33. The number of amides is 1. The molecule has 0 fully saturated rings. The van der Waals surface area contributed by atoms with Crippen LogP contribution in [0, 0.1) is 13.8 Å². The summed E-state index contributed by atoms with van der Waals surface area (Å²) in [5.41, 5.74) is 3.40. The molecule has 0 atom stereocenters. The molecule has 3 aromatic rings. The molecular weight excluding hydrogens is 386 g/mol. The van der Waals surface area contributed by atoms with Crippen molar-refractivity contribution in [3.63, 3.8) is 0 Å². The maximum absolute atomic E-state index is 12.5. The fourth-order valence-electron chi connectivity index (χ4n) is 2.78. The predicted molar refractivity (Wildman–Crippen MR) is 116 cm³/mol. The zero-order valence-electron chi connectivity index (χ0n) is 16.7. The fraction of sp³-hybridized carbons (Fsp3) is 0.217. The van der Waals surface area contributed by atoms with Gasteiger partial charge < -0.3 is 14.8 Å². The van der Waals surface area contributed by atoms with E-state index in [2.05, 4.69) is 5.32 Å². The van der Waals surface area contributed by atoms with Crippen molar-refractivity contribution in [1.82, 2.24) is 0 Å². The fourth-order valence-corrected chi connectivity index (χ4v) is 3.84. The maximum Gasteiger partial charge on any atom is 0.341 e. The van der Waals surface area contributed by atoms with Gasteiger partial charge in [-0.05, 0) is 49.6 Å². The summed E-state index contributed by atoms with van der Waals surface area (Å²) in [6, 6.07) is 17.1. The number of rotatable bonds is 7. The van der Waals surface area contributed by atoms with Gasteiger partial charge in [0.1, 0.15) is 10.8 Å². The van der Waals surface area contributed by atoms with Crippen molar-refractivity contribution in [2.45, 2.75) is 20.8 Å². The number of carbonyl (C=O) groups excluding carboxylic acids is 2. The molecule has 0 spiro atoms. The number of hydrogen-bond donors (Lipinski definition) is 1. The Labute approximate surface area is 174 Å². The number of anilines is 1. The molecule has 0 bridgehead atoms. The van der Waals surface area contributed by atoms with Gasteiger partial charge in [-0.15, -0.1) is 11.3 Å². The lowest BCUT2D eigenvalue weighted by atomic mass is 10.1. The first-order chi connectivity index (χ1) is 14.0. The van der Waals surface area contributed by atoms with E-state index in [1.165, 1.54) is 11.3 Å². The lowest BCUT2D eigenvalue weighted by Gasteiger charge is -2.11. The lowest BCUT2D eigenvalue weighted by molar-refractivity contribution is -0.118. The second-order valence-electron chi connectivity index (χ2n) is 6.47. The molecule has 5 nitrogen and oxygen atoms in total. The molecule has 1 heterocycles. The van der Waals surface area contributed by atoms with Crippen molar-refractivity contribution < 1.29 is 19.1 Å². The zero-order valence-corrected chi connectivity index (χ0v) is 17.5. The van der Waals surface area contributed by atoms with Gasteiger partial charge in [-0.25, -0.2) is 4.79 Å². The second kappa shape index (κ2) is 9.39. The van der Waals surface area contributed by atoms with Crippen molar-refractivity contribution in [2.75, 3.05) is 18.5 Å². The molecule has 6 heteroatoms. The third-order valence-corrected chi connectivity index (χ3v) is 5.55. The van der Waals surface area contributed by atoms with Crippen LogP contribution in [0.3, 0.4) is 0 Å². The Bertz CT molecular complexity index is 1010. The lowest BCUT2D eigenvalue weighted by Crippen LogP contribution is -2.21. The van der Waals surface area contributed by atoms with Crippen molar-refractivity contribution in [2.24, 2.45) is 0 Å². The molecule has 2 aromatic carbocycles. The highest BCUT2D eigenvalue weighted by molar-refractivity contribution is 7.20. The zero-order chi connectivity index (χ0) is 20.8. The van der Waals surface area contributed by atoms with Gasteiger partial charge in [0, 0.05) is 4.88 Å². The quantitative estimate of drug-likeness (QED) is 0.543. The number of carbonyl (C=O) groups is 2. The Morgan fingerprint density at radius 1 is 1.03 bits per heavy atom. The Morgan fingerprint density at radius 3 is 2.52 bits per heavy atom. The molecule has 1 amide bonds. The van der Waals surface area contributed by atoms with Gasteiger partial charge in [-0.1, -0.05) is 42.5 Å². The molecule has 0 saturated carbocycles. The molecule has 29 heavy (non-hydrogen) atoms. The first kappa shape index (κ1) is 20.6. The Balaban J connectivity index is 1.77. The summed E-state index contributed by atoms with van der Waals surface area (Å²) in [5.74, 6) is -0.128. The van der Waals surface area contributed by atoms with Crippen LogP contribution in [0.2, 0.25) is 0 Å². The van der Waals surface area contributed by atoms with Gasteiger partial charge >= 0.3 is 5.97 Å². The SMILES string of the molecule is CCOC(=O)c1cc(-c2ccccc2)sc1NC(=O)COc1cccc(C)c1C. The van der Waals surface area contributed by atoms with Crippen LogP contribution in [-0.2, 0) is 9.53 Å². The van der Waals surface area contributed by atoms with E-state index in [4.69, 9.17) is 9.47 Å². The molecule has 0 aliphatic heterocycles. The van der Waals surface area contributed by atoms with Gasteiger partial charge in [0.15, 0.2) is 6.61 Å². The molecule has 0 radical (unpaired) electrons. The van der Waals surface area contributed by atoms with E-state index in [0.29, 0.717) is 16.3 Å². The molecular formula is C23H23NO4S. The van der Waals surface area contributed by atoms with Crippen LogP contribution in [-0.4, -0.2) is 25.1 Å². The number of hydrogen-bond acceptors (Lipinski definition) is 5. The highest BCUT2D eigenvalue weighted by Gasteiger charge is 2.20. The second-order valence-corrected chi connectivity index (χ2v) is 7.53. The Hall–Kier alpha value is -3.12. The van der Waals surface area contributed by atoms with E-state index in [-0.39, 0.29) is 19.1 Å². The summed E-state index contributed by atoms with van der Waals surface area (Å²) in [7, 11) is 0. The van der Waals surface area contributed by atoms with E-state index in [0.717, 1.165) is 21.6 Å². The highest BCUT2D eigenvalue weighted by Crippen LogP contribution is 2.36. The minimum absolute atomic E-state index is 0.148. The minimum atomic E-state index is -0.461. The van der Waals surface area contributed by atoms with Gasteiger partial charge in [0.25, 0.3) is 5.91 Å². The smallest absolute Gasteiger partial charge is 0.341 e. The van der Waals surface area contributed by atoms with E-state index in [1.807, 2.05) is 62.4 Å². The molecule has 3 rings (SSSR count). The highest BCUT2D eigenvalue weighted by atomic mass is 32.1. The van der Waals surface area contributed by atoms with Crippen LogP contribution in [0.15, 0.2) is 54.6 Å². The summed E-state index contributed by atoms with van der Waals surface area (Å²) in [6.45, 7) is 5.81. The van der Waals surface area contributed by atoms with Crippen LogP contribution in [0.25, 0.3) is 10.4 Å². The maximum atomic E-state index is 12.5. The van der Waals surface area contributed by atoms with Gasteiger partial charge in [0.2, 0.25) is 0 Å². The summed E-state index contributed by atoms with van der Waals surface area (Å²) in [4.78, 5) is 25.7. The van der Waals surface area contributed by atoms with Crippen molar-refractivity contribution in [3.05, 3.63) is 71.3 Å². The van der Waals surface area contributed by atoms with Crippen molar-refractivity contribution in [3.8, 4) is 16.2 Å². The number of esters is 1. The largest absolute Gasteiger partial charge is 0.483 e. The molecule has 1 aromatic heterocycles. The average Bonchev–Trinajstić information content (AvgIpc) is 3.14. The Kier molecular flexibility index (Phi) is 6.67. The summed E-state index contributed by atoms with van der Waals surface area (Å²) in [5, 5.41) is 3.25. The molecule has 0 unspecified atom stereocenters. The van der Waals surface area contributed by atoms with Crippen molar-refractivity contribution >= 4 is 28.2 Å². The number of ether oxygens (including phenoxy) is 2.